The Labute approximate surface area is 160 Å². The van der Waals surface area contributed by atoms with Crippen molar-refractivity contribution in [3.8, 4) is 6.07 Å². The van der Waals surface area contributed by atoms with Gasteiger partial charge in [-0.05, 0) is 47.8 Å². The predicted octanol–water partition coefficient (Wildman–Crippen LogP) is 2.79. The molecule has 4 rings (SSSR count). The number of allylic oxidation sites excluding steroid dienone is 4. The average Bonchev–Trinajstić information content (AvgIpc) is 3.50. The molecule has 6 nitrogen and oxygen atoms in total. The summed E-state index contributed by atoms with van der Waals surface area (Å²) in [6, 6.07) is 8.39. The molecule has 0 saturated heterocycles. The third-order valence-corrected chi connectivity index (χ3v) is 4.95. The molecule has 0 spiro atoms. The molecular weight excluding hydrogens is 363 g/mol. The molecule has 0 amide bonds. The van der Waals surface area contributed by atoms with E-state index in [9.17, 15) is 19.2 Å². The summed E-state index contributed by atoms with van der Waals surface area (Å²) in [6.45, 7) is -0.600. The Bertz CT molecular complexity index is 998. The molecule has 1 aromatic carbocycles. The van der Waals surface area contributed by atoms with Gasteiger partial charge < -0.3 is 14.7 Å². The Kier molecular flexibility index (Phi) is 4.57. The highest BCUT2D eigenvalue weighted by Crippen LogP contribution is 2.44. The molecule has 1 heterocycles. The van der Waals surface area contributed by atoms with Crippen molar-refractivity contribution in [3.63, 3.8) is 0 Å². The minimum atomic E-state index is -1.17. The minimum absolute atomic E-state index is 0.0663. The molecule has 0 bridgehead atoms. The van der Waals surface area contributed by atoms with Crippen LogP contribution in [0.25, 0.3) is 5.57 Å². The minimum Gasteiger partial charge on any atom is -0.480 e. The van der Waals surface area contributed by atoms with Gasteiger partial charge >= 0.3 is 5.97 Å². The Morgan fingerprint density at radius 2 is 2.18 bits per heavy atom. The number of fused-ring (bicyclic) bond motifs is 1. The van der Waals surface area contributed by atoms with Gasteiger partial charge in [-0.1, -0.05) is 12.1 Å². The van der Waals surface area contributed by atoms with E-state index in [4.69, 9.17) is 9.84 Å². The molecule has 1 N–H and O–H groups in total. The number of ether oxygens (including phenoxy) is 1. The molecule has 2 aliphatic carbocycles. The quantitative estimate of drug-likeness (QED) is 0.845. The van der Waals surface area contributed by atoms with Gasteiger partial charge in [0.1, 0.15) is 30.3 Å². The Morgan fingerprint density at radius 3 is 2.82 bits per heavy atom. The summed E-state index contributed by atoms with van der Waals surface area (Å²) < 4.78 is 19.1. The Morgan fingerprint density at radius 1 is 1.39 bits per heavy atom. The molecule has 1 fully saturated rings. The summed E-state index contributed by atoms with van der Waals surface area (Å²) in [5, 5.41) is 18.7. The van der Waals surface area contributed by atoms with Gasteiger partial charge in [0.15, 0.2) is 5.78 Å². The van der Waals surface area contributed by atoms with E-state index in [-0.39, 0.29) is 18.2 Å². The summed E-state index contributed by atoms with van der Waals surface area (Å²) in [6.07, 6.45) is 4.31. The largest absolute Gasteiger partial charge is 0.480 e. The first kappa shape index (κ1) is 18.1. The van der Waals surface area contributed by atoms with Gasteiger partial charge in [0.05, 0.1) is 0 Å². The van der Waals surface area contributed by atoms with Gasteiger partial charge in [0.25, 0.3) is 0 Å². The van der Waals surface area contributed by atoms with Gasteiger partial charge in [-0.2, -0.15) is 5.26 Å². The second-order valence-corrected chi connectivity index (χ2v) is 6.99. The zero-order valence-corrected chi connectivity index (χ0v) is 14.9. The molecule has 1 unspecified atom stereocenters. The number of Topliss-reactive ketones (excluding diaryl/α,β-unsaturated/α-hetero) is 1. The van der Waals surface area contributed by atoms with E-state index in [0.717, 1.165) is 18.4 Å². The number of nitriles is 1. The number of hydrogen-bond acceptors (Lipinski definition) is 5. The molecule has 0 aromatic heterocycles. The number of ketones is 1. The molecule has 1 atom stereocenters. The molecule has 0 radical (unpaired) electrons. The van der Waals surface area contributed by atoms with Crippen molar-refractivity contribution < 1.29 is 23.8 Å². The number of carboxylic acid groups (broad SMARTS) is 1. The molecule has 3 aliphatic rings. The predicted molar refractivity (Wildman–Crippen MR) is 97.0 cm³/mol. The maximum absolute atomic E-state index is 13.9. The lowest BCUT2D eigenvalue weighted by molar-refractivity contribution is -0.145. The summed E-state index contributed by atoms with van der Waals surface area (Å²) in [5.74, 6) is -1.84. The number of rotatable bonds is 5. The summed E-state index contributed by atoms with van der Waals surface area (Å²) in [5.41, 5.74) is 2.82. The summed E-state index contributed by atoms with van der Waals surface area (Å²) in [4.78, 5) is 25.1. The van der Waals surface area contributed by atoms with E-state index >= 15 is 0 Å². The first-order chi connectivity index (χ1) is 13.5. The summed E-state index contributed by atoms with van der Waals surface area (Å²) >= 11 is 0. The van der Waals surface area contributed by atoms with E-state index < -0.39 is 24.5 Å². The van der Waals surface area contributed by atoms with Crippen LogP contribution in [0, 0.1) is 17.1 Å². The Hall–Kier alpha value is -3.24. The van der Waals surface area contributed by atoms with Gasteiger partial charge in [-0.25, -0.2) is 9.18 Å². The zero-order valence-electron chi connectivity index (χ0n) is 14.9. The van der Waals surface area contributed by atoms with Crippen LogP contribution in [0.5, 0.6) is 0 Å². The van der Waals surface area contributed by atoms with Crippen LogP contribution in [0.3, 0.4) is 0 Å². The van der Waals surface area contributed by atoms with Crippen LogP contribution in [0.15, 0.2) is 53.4 Å². The zero-order chi connectivity index (χ0) is 19.8. The molecule has 142 valence electrons. The average molecular weight is 380 g/mol. The lowest BCUT2D eigenvalue weighted by Gasteiger charge is -2.33. The SMILES string of the molecule is N#CC1=C(c2cccc(F)c2)C2=CC(OCC(=O)O)C(=O)CC2=CN1C1CC1. The number of carbonyl (C=O) groups excluding carboxylic acids is 1. The van der Waals surface area contributed by atoms with E-state index in [0.29, 0.717) is 22.4 Å². The fourth-order valence-electron chi connectivity index (χ4n) is 3.58. The van der Waals surface area contributed by atoms with Crippen LogP contribution >= 0.6 is 0 Å². The van der Waals surface area contributed by atoms with Gasteiger partial charge in [-0.15, -0.1) is 0 Å². The highest BCUT2D eigenvalue weighted by molar-refractivity contribution is 5.98. The number of carboxylic acids is 1. The highest BCUT2D eigenvalue weighted by Gasteiger charge is 2.38. The fraction of sp³-hybridized carbons (Fsp3) is 0.286. The van der Waals surface area contributed by atoms with Crippen molar-refractivity contribution in [3.05, 3.63) is 64.8 Å². The number of carbonyl (C=O) groups is 2. The van der Waals surface area contributed by atoms with E-state index in [1.807, 2.05) is 11.1 Å². The summed E-state index contributed by atoms with van der Waals surface area (Å²) in [7, 11) is 0. The number of hydrogen-bond donors (Lipinski definition) is 1. The van der Waals surface area contributed by atoms with Crippen molar-refractivity contribution in [1.29, 1.82) is 5.26 Å². The van der Waals surface area contributed by atoms with Gasteiger partial charge in [-0.3, -0.25) is 4.79 Å². The van der Waals surface area contributed by atoms with Crippen LogP contribution in [-0.2, 0) is 14.3 Å². The van der Waals surface area contributed by atoms with Crippen LogP contribution < -0.4 is 0 Å². The molecule has 7 heteroatoms. The maximum atomic E-state index is 13.9. The van der Waals surface area contributed by atoms with Crippen LogP contribution in [0.4, 0.5) is 4.39 Å². The molecule has 1 aliphatic heterocycles. The second kappa shape index (κ2) is 7.06. The van der Waals surface area contributed by atoms with Crippen molar-refractivity contribution in [2.24, 2.45) is 0 Å². The molecule has 1 saturated carbocycles. The van der Waals surface area contributed by atoms with Crippen LogP contribution in [-0.4, -0.2) is 40.5 Å². The van der Waals surface area contributed by atoms with Crippen molar-refractivity contribution in [2.45, 2.75) is 31.4 Å². The van der Waals surface area contributed by atoms with Crippen LogP contribution in [0.1, 0.15) is 24.8 Å². The van der Waals surface area contributed by atoms with Crippen molar-refractivity contribution in [1.82, 2.24) is 4.90 Å². The van der Waals surface area contributed by atoms with E-state index in [2.05, 4.69) is 6.07 Å². The normalized spacial score (nSPS) is 21.6. The smallest absolute Gasteiger partial charge is 0.329 e. The maximum Gasteiger partial charge on any atom is 0.329 e. The number of nitrogens with zero attached hydrogens (tertiary/aromatic N) is 2. The first-order valence-corrected chi connectivity index (χ1v) is 8.96. The lowest BCUT2D eigenvalue weighted by atomic mass is 9.81. The topological polar surface area (TPSA) is 90.6 Å². The standard InChI is InChI=1S/C21H17FN2O4/c22-14-3-1-2-12(6-14)21-16-8-19(28-11-20(26)27)18(25)7-13(16)10-24(15-4-5-15)17(21)9-23/h1-3,6,8,10,15,19H,4-5,7,11H2,(H,26,27). The van der Waals surface area contributed by atoms with Crippen LogP contribution in [0.2, 0.25) is 0 Å². The lowest BCUT2D eigenvalue weighted by Crippen LogP contribution is -2.33. The highest BCUT2D eigenvalue weighted by atomic mass is 19.1. The van der Waals surface area contributed by atoms with Gasteiger partial charge in [0, 0.05) is 24.2 Å². The Balaban J connectivity index is 1.84. The third-order valence-electron chi connectivity index (χ3n) is 4.95. The van der Waals surface area contributed by atoms with E-state index in [1.165, 1.54) is 12.1 Å². The second-order valence-electron chi connectivity index (χ2n) is 6.99. The number of aliphatic carboxylic acids is 1. The molecular formula is C21H17FN2O4. The first-order valence-electron chi connectivity index (χ1n) is 8.96. The monoisotopic (exact) mass is 380 g/mol. The van der Waals surface area contributed by atoms with E-state index in [1.54, 1.807) is 18.2 Å². The fourth-order valence-corrected chi connectivity index (χ4v) is 3.58. The van der Waals surface area contributed by atoms with Crippen molar-refractivity contribution in [2.75, 3.05) is 6.61 Å². The molecule has 28 heavy (non-hydrogen) atoms. The van der Waals surface area contributed by atoms with Gasteiger partial charge in [0.2, 0.25) is 0 Å². The number of halogens is 1. The number of benzene rings is 1. The van der Waals surface area contributed by atoms with Crippen molar-refractivity contribution >= 4 is 17.3 Å². The molecule has 1 aromatic rings. The third kappa shape index (κ3) is 3.35.